The van der Waals surface area contributed by atoms with Gasteiger partial charge in [0, 0.05) is 12.7 Å². The van der Waals surface area contributed by atoms with E-state index in [0.717, 1.165) is 5.56 Å². The van der Waals surface area contributed by atoms with Crippen LogP contribution in [0.3, 0.4) is 0 Å². The van der Waals surface area contributed by atoms with Crippen molar-refractivity contribution >= 4 is 18.7 Å². The van der Waals surface area contributed by atoms with Gasteiger partial charge in [-0.15, -0.1) is 0 Å². The van der Waals surface area contributed by atoms with Gasteiger partial charge in [-0.2, -0.15) is 0 Å². The van der Waals surface area contributed by atoms with Crippen LogP contribution in [0.5, 0.6) is 0 Å². The fourth-order valence-corrected chi connectivity index (χ4v) is 10.4. The van der Waals surface area contributed by atoms with Crippen LogP contribution in [0, 0.1) is 0 Å². The zero-order chi connectivity index (χ0) is 25.3. The Balaban J connectivity index is 1.59. The molecule has 2 saturated heterocycles. The summed E-state index contributed by atoms with van der Waals surface area (Å²) in [7, 11) is -1.18. The van der Waals surface area contributed by atoms with Crippen molar-refractivity contribution in [2.24, 2.45) is 0 Å². The van der Waals surface area contributed by atoms with Gasteiger partial charge >= 0.3 is 0 Å². The van der Waals surface area contributed by atoms with Crippen LogP contribution in [-0.2, 0) is 23.4 Å². The lowest BCUT2D eigenvalue weighted by molar-refractivity contribution is -0.258. The summed E-state index contributed by atoms with van der Waals surface area (Å²) in [5.41, 5.74) is 0.971. The van der Waals surface area contributed by atoms with E-state index in [9.17, 15) is 0 Å². The first-order valence-electron chi connectivity index (χ1n) is 12.7. The van der Waals surface area contributed by atoms with E-state index < -0.39 is 27.0 Å². The molecule has 2 aliphatic rings. The van der Waals surface area contributed by atoms with Crippen LogP contribution in [0.25, 0.3) is 0 Å². The molecule has 2 fully saturated rings. The third kappa shape index (κ3) is 4.47. The standard InChI is InChI=1S/C30H36O5Si/c1-21-25(26-27(29(31-5)32-21)34-28(33-26)22-15-9-6-10-16-22)35-36(30(2,3)4,23-17-11-7-12-18-23)24-19-13-8-14-20-24/h6-21,25-29H,1-5H3/t21-,25-,26+,27+,28?,29+/m0/s1. The second kappa shape index (κ2) is 10.2. The molecular weight excluding hydrogens is 468 g/mol. The number of methoxy groups -OCH3 is 1. The van der Waals surface area contributed by atoms with Crippen LogP contribution in [-0.4, -0.2) is 46.1 Å². The molecule has 3 aromatic carbocycles. The van der Waals surface area contributed by atoms with Crippen LogP contribution in [0.1, 0.15) is 39.5 Å². The monoisotopic (exact) mass is 504 g/mol. The van der Waals surface area contributed by atoms with E-state index in [0.29, 0.717) is 0 Å². The number of fused-ring (bicyclic) bond motifs is 1. The summed E-state index contributed by atoms with van der Waals surface area (Å²) in [4.78, 5) is 0. The first-order chi connectivity index (χ1) is 17.3. The van der Waals surface area contributed by atoms with E-state index in [1.54, 1.807) is 7.11 Å². The van der Waals surface area contributed by atoms with Crippen molar-refractivity contribution in [3.05, 3.63) is 96.6 Å². The molecule has 5 rings (SSSR count). The summed E-state index contributed by atoms with van der Waals surface area (Å²) in [5.74, 6) is 0. The molecule has 6 atom stereocenters. The van der Waals surface area contributed by atoms with Crippen LogP contribution in [0.15, 0.2) is 91.0 Å². The van der Waals surface area contributed by atoms with Crippen molar-refractivity contribution in [3.8, 4) is 0 Å². The Morgan fingerprint density at radius 1 is 0.694 bits per heavy atom. The van der Waals surface area contributed by atoms with Gasteiger partial charge < -0.3 is 23.4 Å². The van der Waals surface area contributed by atoms with E-state index in [4.69, 9.17) is 23.4 Å². The number of benzene rings is 3. The van der Waals surface area contributed by atoms with Gasteiger partial charge in [-0.1, -0.05) is 112 Å². The number of ether oxygens (including phenoxy) is 4. The molecule has 0 spiro atoms. The predicted octanol–water partition coefficient (Wildman–Crippen LogP) is 4.81. The Hall–Kier alpha value is -2.32. The first kappa shape index (κ1) is 25.3. The van der Waals surface area contributed by atoms with Gasteiger partial charge in [0.15, 0.2) is 12.6 Å². The Bertz CT molecular complexity index is 1080. The molecule has 0 N–H and O–H groups in total. The molecule has 0 saturated carbocycles. The Morgan fingerprint density at radius 2 is 1.19 bits per heavy atom. The summed E-state index contributed by atoms with van der Waals surface area (Å²) < 4.78 is 32.5. The highest BCUT2D eigenvalue weighted by Crippen LogP contribution is 2.44. The zero-order valence-corrected chi connectivity index (χ0v) is 22.7. The average molecular weight is 505 g/mol. The molecule has 5 nitrogen and oxygen atoms in total. The first-order valence-corrected chi connectivity index (χ1v) is 14.6. The number of rotatable bonds is 6. The smallest absolute Gasteiger partial charge is 0.261 e. The molecular formula is C30H36O5Si. The van der Waals surface area contributed by atoms with Crippen LogP contribution in [0.2, 0.25) is 5.04 Å². The van der Waals surface area contributed by atoms with E-state index in [1.807, 2.05) is 37.3 Å². The zero-order valence-electron chi connectivity index (χ0n) is 21.7. The maximum Gasteiger partial charge on any atom is 0.261 e. The topological polar surface area (TPSA) is 46.2 Å². The minimum Gasteiger partial charge on any atom is -0.399 e. The molecule has 0 aromatic heterocycles. The molecule has 3 aromatic rings. The second-order valence-corrected chi connectivity index (χ2v) is 14.9. The van der Waals surface area contributed by atoms with E-state index in [2.05, 4.69) is 81.4 Å². The Kier molecular flexibility index (Phi) is 7.18. The normalized spacial score (nSPS) is 28.6. The van der Waals surface area contributed by atoms with E-state index in [1.165, 1.54) is 10.4 Å². The highest BCUT2D eigenvalue weighted by molar-refractivity contribution is 6.99. The fourth-order valence-electron chi connectivity index (χ4n) is 5.60. The van der Waals surface area contributed by atoms with Gasteiger partial charge in [0.2, 0.25) is 0 Å². The molecule has 0 bridgehead atoms. The number of hydrogen-bond donors (Lipinski definition) is 0. The van der Waals surface area contributed by atoms with Crippen molar-refractivity contribution in [2.45, 2.75) is 69.7 Å². The minimum absolute atomic E-state index is 0.165. The van der Waals surface area contributed by atoms with Crippen molar-refractivity contribution in [3.63, 3.8) is 0 Å². The van der Waals surface area contributed by atoms with Crippen molar-refractivity contribution in [1.29, 1.82) is 0 Å². The molecule has 1 unspecified atom stereocenters. The van der Waals surface area contributed by atoms with Crippen molar-refractivity contribution < 1.29 is 23.4 Å². The van der Waals surface area contributed by atoms with Crippen molar-refractivity contribution in [2.75, 3.05) is 7.11 Å². The molecule has 2 heterocycles. The predicted molar refractivity (Wildman–Crippen MR) is 143 cm³/mol. The maximum atomic E-state index is 7.47. The van der Waals surface area contributed by atoms with Gasteiger partial charge in [-0.05, 0) is 22.3 Å². The third-order valence-corrected chi connectivity index (χ3v) is 12.4. The summed E-state index contributed by atoms with van der Waals surface area (Å²) >= 11 is 0. The van der Waals surface area contributed by atoms with Gasteiger partial charge in [-0.3, -0.25) is 0 Å². The lowest BCUT2D eigenvalue weighted by atomic mass is 10.0. The summed E-state index contributed by atoms with van der Waals surface area (Å²) in [6, 6.07) is 31.3. The molecule has 190 valence electrons. The third-order valence-electron chi connectivity index (χ3n) is 7.32. The van der Waals surface area contributed by atoms with Crippen LogP contribution in [0.4, 0.5) is 0 Å². The average Bonchev–Trinajstić information content (AvgIpc) is 3.34. The van der Waals surface area contributed by atoms with E-state index >= 15 is 0 Å². The summed E-state index contributed by atoms with van der Waals surface area (Å²) in [5, 5.41) is 2.28. The molecule has 2 aliphatic heterocycles. The van der Waals surface area contributed by atoms with Crippen molar-refractivity contribution in [1.82, 2.24) is 0 Å². The summed E-state index contributed by atoms with van der Waals surface area (Å²) in [6.07, 6.45) is -2.38. The molecule has 0 amide bonds. The Labute approximate surface area is 215 Å². The lowest BCUT2D eigenvalue weighted by Gasteiger charge is -2.49. The minimum atomic E-state index is -2.83. The van der Waals surface area contributed by atoms with Crippen LogP contribution >= 0.6 is 0 Å². The summed E-state index contributed by atoms with van der Waals surface area (Å²) in [6.45, 7) is 8.88. The van der Waals surface area contributed by atoms with Gasteiger partial charge in [0.25, 0.3) is 8.32 Å². The lowest BCUT2D eigenvalue weighted by Crippen LogP contribution is -2.71. The second-order valence-electron chi connectivity index (χ2n) is 10.6. The highest BCUT2D eigenvalue weighted by Gasteiger charge is 2.58. The van der Waals surface area contributed by atoms with Gasteiger partial charge in [-0.25, -0.2) is 0 Å². The van der Waals surface area contributed by atoms with Gasteiger partial charge in [0.05, 0.1) is 6.10 Å². The number of hydrogen-bond acceptors (Lipinski definition) is 5. The highest BCUT2D eigenvalue weighted by atomic mass is 28.4. The maximum absolute atomic E-state index is 7.47. The quantitative estimate of drug-likeness (QED) is 0.451. The largest absolute Gasteiger partial charge is 0.399 e. The molecule has 6 heteroatoms. The van der Waals surface area contributed by atoms with Gasteiger partial charge in [0.1, 0.15) is 18.3 Å². The molecule has 0 aliphatic carbocycles. The fraction of sp³-hybridized carbons (Fsp3) is 0.400. The van der Waals surface area contributed by atoms with E-state index in [-0.39, 0.29) is 23.4 Å². The van der Waals surface area contributed by atoms with Crippen LogP contribution < -0.4 is 10.4 Å². The molecule has 36 heavy (non-hydrogen) atoms. The Morgan fingerprint density at radius 3 is 1.69 bits per heavy atom. The SMILES string of the molecule is CO[C@@H]1O[C@@H](C)[C@H](O[Si](c2ccccc2)(c2ccccc2)C(C)(C)C)[C@H]2OC(c3ccccc3)O[C@@H]12. The molecule has 0 radical (unpaired) electrons.